The molecule has 0 aromatic heterocycles. The number of ether oxygens (including phenoxy) is 1. The minimum absolute atomic E-state index is 0.330. The quantitative estimate of drug-likeness (QED) is 0.712. The number of para-hydroxylation sites is 1. The SMILES string of the molecule is CCNCC(O)COc1ccccc1. The number of rotatable bonds is 6. The van der Waals surface area contributed by atoms with Crippen molar-refractivity contribution in [2.75, 3.05) is 19.7 Å². The molecule has 0 spiro atoms. The molecule has 78 valence electrons. The Hall–Kier alpha value is -1.06. The molecule has 1 aromatic rings. The Morgan fingerprint density at radius 2 is 2.07 bits per heavy atom. The molecule has 0 fully saturated rings. The third kappa shape index (κ3) is 4.25. The maximum Gasteiger partial charge on any atom is 0.119 e. The highest BCUT2D eigenvalue weighted by molar-refractivity contribution is 5.20. The molecule has 1 rings (SSSR count). The summed E-state index contributed by atoms with van der Waals surface area (Å²) in [5.41, 5.74) is 0. The van der Waals surface area contributed by atoms with Gasteiger partial charge in [0.1, 0.15) is 18.5 Å². The predicted octanol–water partition coefficient (Wildman–Crippen LogP) is 1.04. The Kier molecular flexibility index (Phi) is 5.04. The molecule has 2 N–H and O–H groups in total. The first-order valence-corrected chi connectivity index (χ1v) is 4.89. The molecule has 1 atom stereocenters. The molecule has 3 heteroatoms. The van der Waals surface area contributed by atoms with Crippen LogP contribution >= 0.6 is 0 Å². The Morgan fingerprint density at radius 1 is 1.36 bits per heavy atom. The summed E-state index contributed by atoms with van der Waals surface area (Å²) in [7, 11) is 0. The van der Waals surface area contributed by atoms with Crippen LogP contribution in [0.15, 0.2) is 30.3 Å². The minimum atomic E-state index is -0.449. The van der Waals surface area contributed by atoms with Crippen LogP contribution in [-0.4, -0.2) is 30.9 Å². The van der Waals surface area contributed by atoms with Gasteiger partial charge in [0.05, 0.1) is 0 Å². The fraction of sp³-hybridized carbons (Fsp3) is 0.455. The third-order valence-electron chi connectivity index (χ3n) is 1.82. The third-order valence-corrected chi connectivity index (χ3v) is 1.82. The van der Waals surface area contributed by atoms with Crippen LogP contribution < -0.4 is 10.1 Å². The standard InChI is InChI=1S/C11H17NO2/c1-2-12-8-10(13)9-14-11-6-4-3-5-7-11/h3-7,10,12-13H,2,8-9H2,1H3. The second kappa shape index (κ2) is 6.40. The van der Waals surface area contributed by atoms with E-state index in [-0.39, 0.29) is 0 Å². The van der Waals surface area contributed by atoms with Crippen LogP contribution in [0.2, 0.25) is 0 Å². The van der Waals surface area contributed by atoms with Crippen LogP contribution in [0.1, 0.15) is 6.92 Å². The van der Waals surface area contributed by atoms with E-state index in [1.54, 1.807) is 0 Å². The molecular formula is C11H17NO2. The highest BCUT2D eigenvalue weighted by Crippen LogP contribution is 2.08. The van der Waals surface area contributed by atoms with E-state index in [4.69, 9.17) is 4.74 Å². The molecule has 1 aromatic carbocycles. The van der Waals surface area contributed by atoms with Gasteiger partial charge in [-0.25, -0.2) is 0 Å². The highest BCUT2D eigenvalue weighted by atomic mass is 16.5. The Bertz CT molecular complexity index is 238. The molecule has 0 saturated carbocycles. The molecule has 0 amide bonds. The number of hydrogen-bond acceptors (Lipinski definition) is 3. The van der Waals surface area contributed by atoms with Crippen LogP contribution in [0.3, 0.4) is 0 Å². The monoisotopic (exact) mass is 195 g/mol. The van der Waals surface area contributed by atoms with Gasteiger partial charge >= 0.3 is 0 Å². The Morgan fingerprint density at radius 3 is 2.71 bits per heavy atom. The van der Waals surface area contributed by atoms with Crippen LogP contribution in [-0.2, 0) is 0 Å². The van der Waals surface area contributed by atoms with E-state index in [2.05, 4.69) is 5.32 Å². The molecule has 0 saturated heterocycles. The van der Waals surface area contributed by atoms with Crippen molar-refractivity contribution in [3.8, 4) is 5.75 Å². The molecule has 3 nitrogen and oxygen atoms in total. The second-order valence-corrected chi connectivity index (χ2v) is 3.09. The maximum absolute atomic E-state index is 9.45. The van der Waals surface area contributed by atoms with E-state index in [1.165, 1.54) is 0 Å². The normalized spacial score (nSPS) is 12.4. The lowest BCUT2D eigenvalue weighted by Gasteiger charge is -2.12. The van der Waals surface area contributed by atoms with Crippen molar-refractivity contribution >= 4 is 0 Å². The summed E-state index contributed by atoms with van der Waals surface area (Å²) in [4.78, 5) is 0. The number of aliphatic hydroxyl groups excluding tert-OH is 1. The Labute approximate surface area is 84.7 Å². The lowest BCUT2D eigenvalue weighted by Crippen LogP contribution is -2.31. The fourth-order valence-corrected chi connectivity index (χ4v) is 1.08. The van der Waals surface area contributed by atoms with Gasteiger partial charge in [-0.15, -0.1) is 0 Å². The number of benzene rings is 1. The van der Waals surface area contributed by atoms with E-state index >= 15 is 0 Å². The van der Waals surface area contributed by atoms with Crippen molar-refractivity contribution in [2.24, 2.45) is 0 Å². The summed E-state index contributed by atoms with van der Waals surface area (Å²) in [5.74, 6) is 0.794. The lowest BCUT2D eigenvalue weighted by atomic mass is 10.3. The first kappa shape index (κ1) is 11.0. The van der Waals surface area contributed by atoms with Crippen LogP contribution in [0.25, 0.3) is 0 Å². The maximum atomic E-state index is 9.45. The summed E-state index contributed by atoms with van der Waals surface area (Å²) in [6, 6.07) is 9.50. The van der Waals surface area contributed by atoms with E-state index in [0.29, 0.717) is 13.2 Å². The van der Waals surface area contributed by atoms with Crippen molar-refractivity contribution < 1.29 is 9.84 Å². The van der Waals surface area contributed by atoms with E-state index < -0.39 is 6.10 Å². The van der Waals surface area contributed by atoms with Gasteiger partial charge in [-0.2, -0.15) is 0 Å². The molecule has 0 bridgehead atoms. The van der Waals surface area contributed by atoms with Crippen LogP contribution in [0.4, 0.5) is 0 Å². The molecule has 0 radical (unpaired) electrons. The molecular weight excluding hydrogens is 178 g/mol. The predicted molar refractivity (Wildman–Crippen MR) is 56.5 cm³/mol. The molecule has 0 aliphatic rings. The number of nitrogens with one attached hydrogen (secondary N) is 1. The van der Waals surface area contributed by atoms with Crippen LogP contribution in [0, 0.1) is 0 Å². The zero-order chi connectivity index (χ0) is 10.2. The molecule has 0 aliphatic carbocycles. The second-order valence-electron chi connectivity index (χ2n) is 3.09. The van der Waals surface area contributed by atoms with Gasteiger partial charge in [0.2, 0.25) is 0 Å². The van der Waals surface area contributed by atoms with Gasteiger partial charge in [0.25, 0.3) is 0 Å². The largest absolute Gasteiger partial charge is 0.491 e. The average Bonchev–Trinajstić information content (AvgIpc) is 2.25. The highest BCUT2D eigenvalue weighted by Gasteiger charge is 2.03. The molecule has 0 heterocycles. The molecule has 14 heavy (non-hydrogen) atoms. The van der Waals surface area contributed by atoms with Gasteiger partial charge in [0.15, 0.2) is 0 Å². The zero-order valence-electron chi connectivity index (χ0n) is 8.44. The summed E-state index contributed by atoms with van der Waals surface area (Å²) in [5, 5.41) is 12.5. The average molecular weight is 195 g/mol. The summed E-state index contributed by atoms with van der Waals surface area (Å²) in [6.07, 6.45) is -0.449. The lowest BCUT2D eigenvalue weighted by molar-refractivity contribution is 0.107. The first-order chi connectivity index (χ1) is 6.83. The summed E-state index contributed by atoms with van der Waals surface area (Å²) >= 11 is 0. The van der Waals surface area contributed by atoms with Crippen molar-refractivity contribution in [3.05, 3.63) is 30.3 Å². The van der Waals surface area contributed by atoms with E-state index in [1.807, 2.05) is 37.3 Å². The van der Waals surface area contributed by atoms with E-state index in [9.17, 15) is 5.11 Å². The van der Waals surface area contributed by atoms with E-state index in [0.717, 1.165) is 12.3 Å². The van der Waals surface area contributed by atoms with Gasteiger partial charge < -0.3 is 15.2 Å². The summed E-state index contributed by atoms with van der Waals surface area (Å²) < 4.78 is 5.37. The van der Waals surface area contributed by atoms with Crippen molar-refractivity contribution in [1.29, 1.82) is 0 Å². The molecule has 0 aliphatic heterocycles. The topological polar surface area (TPSA) is 41.5 Å². The smallest absolute Gasteiger partial charge is 0.119 e. The van der Waals surface area contributed by atoms with Gasteiger partial charge in [-0.1, -0.05) is 25.1 Å². The number of aliphatic hydroxyl groups is 1. The number of hydrogen-bond donors (Lipinski definition) is 2. The van der Waals surface area contributed by atoms with Crippen molar-refractivity contribution in [1.82, 2.24) is 5.32 Å². The Balaban J connectivity index is 2.20. The summed E-state index contributed by atoms with van der Waals surface area (Å²) in [6.45, 7) is 3.77. The first-order valence-electron chi connectivity index (χ1n) is 4.89. The number of likely N-dealkylation sites (N-methyl/N-ethyl adjacent to an activating group) is 1. The van der Waals surface area contributed by atoms with Gasteiger partial charge in [-0.05, 0) is 18.7 Å². The fourth-order valence-electron chi connectivity index (χ4n) is 1.08. The van der Waals surface area contributed by atoms with Crippen LogP contribution in [0.5, 0.6) is 5.75 Å². The van der Waals surface area contributed by atoms with Gasteiger partial charge in [-0.3, -0.25) is 0 Å². The van der Waals surface area contributed by atoms with Crippen molar-refractivity contribution in [2.45, 2.75) is 13.0 Å². The van der Waals surface area contributed by atoms with Gasteiger partial charge in [0, 0.05) is 6.54 Å². The minimum Gasteiger partial charge on any atom is -0.491 e. The van der Waals surface area contributed by atoms with Crippen molar-refractivity contribution in [3.63, 3.8) is 0 Å². The molecule has 1 unspecified atom stereocenters. The zero-order valence-corrected chi connectivity index (χ0v) is 8.44.